The van der Waals surface area contributed by atoms with E-state index in [0.717, 1.165) is 12.8 Å². The first-order valence-electron chi connectivity index (χ1n) is 5.58. The summed E-state index contributed by atoms with van der Waals surface area (Å²) in [6.45, 7) is 4.06. The van der Waals surface area contributed by atoms with Gasteiger partial charge in [0.2, 0.25) is 5.91 Å². The Morgan fingerprint density at radius 1 is 1.40 bits per heavy atom. The molecule has 15 heavy (non-hydrogen) atoms. The van der Waals surface area contributed by atoms with E-state index in [-0.39, 0.29) is 29.9 Å². The number of rotatable bonds is 2. The predicted octanol–water partition coefficient (Wildman–Crippen LogP) is 0.853. The van der Waals surface area contributed by atoms with Crippen molar-refractivity contribution < 1.29 is 14.3 Å². The fourth-order valence-corrected chi connectivity index (χ4v) is 2.34. The maximum Gasteiger partial charge on any atom is 0.309 e. The van der Waals surface area contributed by atoms with E-state index in [1.807, 2.05) is 13.8 Å². The predicted molar refractivity (Wildman–Crippen MR) is 54.0 cm³/mol. The van der Waals surface area contributed by atoms with Crippen molar-refractivity contribution in [3.05, 3.63) is 0 Å². The average molecular weight is 211 g/mol. The highest BCUT2D eigenvalue weighted by molar-refractivity contribution is 5.79. The summed E-state index contributed by atoms with van der Waals surface area (Å²) < 4.78 is 5.31. The third-order valence-corrected chi connectivity index (χ3v) is 3.34. The minimum atomic E-state index is -0.101. The van der Waals surface area contributed by atoms with Crippen molar-refractivity contribution in [1.29, 1.82) is 0 Å². The first kappa shape index (κ1) is 10.5. The quantitative estimate of drug-likeness (QED) is 0.689. The van der Waals surface area contributed by atoms with Crippen molar-refractivity contribution in [2.45, 2.75) is 45.3 Å². The zero-order valence-corrected chi connectivity index (χ0v) is 9.16. The molecule has 1 amide bonds. The van der Waals surface area contributed by atoms with Crippen LogP contribution in [0, 0.1) is 11.8 Å². The molecule has 0 aromatic rings. The van der Waals surface area contributed by atoms with Crippen LogP contribution in [-0.4, -0.2) is 24.0 Å². The van der Waals surface area contributed by atoms with E-state index in [4.69, 9.17) is 4.74 Å². The largest absolute Gasteiger partial charge is 0.460 e. The molecule has 2 aliphatic heterocycles. The van der Waals surface area contributed by atoms with Crippen LogP contribution in [0.1, 0.15) is 33.1 Å². The van der Waals surface area contributed by atoms with Crippen molar-refractivity contribution in [3.8, 4) is 0 Å². The fraction of sp³-hybridized carbons (Fsp3) is 0.818. The minimum Gasteiger partial charge on any atom is -0.460 e. The molecule has 0 aromatic heterocycles. The molecule has 2 fully saturated rings. The van der Waals surface area contributed by atoms with Gasteiger partial charge in [-0.05, 0) is 18.8 Å². The molecule has 0 aliphatic carbocycles. The second-order valence-electron chi connectivity index (χ2n) is 4.77. The number of ether oxygens (including phenoxy) is 1. The molecule has 1 N–H and O–H groups in total. The van der Waals surface area contributed by atoms with Crippen molar-refractivity contribution in [3.63, 3.8) is 0 Å². The molecule has 0 radical (unpaired) electrons. The second kappa shape index (κ2) is 3.83. The molecule has 3 atom stereocenters. The Morgan fingerprint density at radius 3 is 2.60 bits per heavy atom. The molecule has 2 aliphatic rings. The zero-order chi connectivity index (χ0) is 11.0. The molecule has 0 spiro atoms. The molecule has 2 heterocycles. The maximum atomic E-state index is 11.5. The lowest BCUT2D eigenvalue weighted by atomic mass is 9.91. The lowest BCUT2D eigenvalue weighted by molar-refractivity contribution is -0.146. The lowest BCUT2D eigenvalue weighted by Gasteiger charge is -2.16. The summed E-state index contributed by atoms with van der Waals surface area (Å²) in [5.41, 5.74) is 0. The van der Waals surface area contributed by atoms with Crippen LogP contribution in [0.15, 0.2) is 0 Å². The molecular formula is C11H17NO3. The Bertz CT molecular complexity index is 288. The Hall–Kier alpha value is -1.06. The van der Waals surface area contributed by atoms with Gasteiger partial charge in [-0.3, -0.25) is 9.59 Å². The zero-order valence-electron chi connectivity index (χ0n) is 9.16. The number of hydrogen-bond donors (Lipinski definition) is 1. The number of amides is 1. The van der Waals surface area contributed by atoms with Crippen molar-refractivity contribution in [1.82, 2.24) is 5.32 Å². The van der Waals surface area contributed by atoms with Gasteiger partial charge in [0.15, 0.2) is 0 Å². The molecule has 4 heteroatoms. The van der Waals surface area contributed by atoms with E-state index in [1.54, 1.807) is 0 Å². The summed E-state index contributed by atoms with van der Waals surface area (Å²) in [5.74, 6) is 0.298. The number of cyclic esters (lactones) is 1. The Labute approximate surface area is 89.4 Å². The number of nitrogens with one attached hydrogen (secondary N) is 1. The summed E-state index contributed by atoms with van der Waals surface area (Å²) in [7, 11) is 0. The molecular weight excluding hydrogens is 194 g/mol. The summed E-state index contributed by atoms with van der Waals surface area (Å²) in [5, 5.41) is 2.86. The third kappa shape index (κ3) is 1.98. The van der Waals surface area contributed by atoms with Crippen LogP contribution in [0.5, 0.6) is 0 Å². The van der Waals surface area contributed by atoms with Gasteiger partial charge in [0.25, 0.3) is 0 Å². The Kier molecular flexibility index (Phi) is 2.67. The molecule has 1 unspecified atom stereocenters. The fourth-order valence-electron chi connectivity index (χ4n) is 2.34. The number of esters is 1. The SMILES string of the molecule is CC(C)[C@@H]1CC([C@@H]2CCC(=O)N2)OC1=O. The van der Waals surface area contributed by atoms with Gasteiger partial charge in [0, 0.05) is 6.42 Å². The van der Waals surface area contributed by atoms with Gasteiger partial charge in [-0.1, -0.05) is 13.8 Å². The molecule has 0 bridgehead atoms. The second-order valence-corrected chi connectivity index (χ2v) is 4.77. The van der Waals surface area contributed by atoms with Gasteiger partial charge in [-0.2, -0.15) is 0 Å². The van der Waals surface area contributed by atoms with Gasteiger partial charge in [-0.15, -0.1) is 0 Å². The highest BCUT2D eigenvalue weighted by Gasteiger charge is 2.42. The van der Waals surface area contributed by atoms with Crippen LogP contribution >= 0.6 is 0 Å². The van der Waals surface area contributed by atoms with E-state index in [1.165, 1.54) is 0 Å². The van der Waals surface area contributed by atoms with Gasteiger partial charge >= 0.3 is 5.97 Å². The summed E-state index contributed by atoms with van der Waals surface area (Å²) >= 11 is 0. The number of hydrogen-bond acceptors (Lipinski definition) is 3. The molecule has 2 saturated heterocycles. The van der Waals surface area contributed by atoms with Crippen LogP contribution in [0.25, 0.3) is 0 Å². The van der Waals surface area contributed by atoms with Crippen molar-refractivity contribution in [2.75, 3.05) is 0 Å². The highest BCUT2D eigenvalue weighted by Crippen LogP contribution is 2.31. The smallest absolute Gasteiger partial charge is 0.309 e. The van der Waals surface area contributed by atoms with Gasteiger partial charge in [0.05, 0.1) is 12.0 Å². The monoisotopic (exact) mass is 211 g/mol. The molecule has 2 rings (SSSR count). The summed E-state index contributed by atoms with van der Waals surface area (Å²) in [6.07, 6.45) is 2.00. The van der Waals surface area contributed by atoms with Crippen molar-refractivity contribution in [2.24, 2.45) is 11.8 Å². The Morgan fingerprint density at radius 2 is 2.13 bits per heavy atom. The van der Waals surface area contributed by atoms with Gasteiger partial charge < -0.3 is 10.1 Å². The van der Waals surface area contributed by atoms with Crippen LogP contribution in [-0.2, 0) is 14.3 Å². The van der Waals surface area contributed by atoms with Crippen LogP contribution in [0.2, 0.25) is 0 Å². The highest BCUT2D eigenvalue weighted by atomic mass is 16.6. The first-order chi connectivity index (χ1) is 7.08. The van der Waals surface area contributed by atoms with E-state index >= 15 is 0 Å². The number of carbonyl (C=O) groups excluding carboxylic acids is 2. The standard InChI is InChI=1S/C11H17NO3/c1-6(2)7-5-9(15-11(7)14)8-3-4-10(13)12-8/h6-9H,3-5H2,1-2H3,(H,12,13)/t7-,8-,9?/m0/s1. The Balaban J connectivity index is 1.97. The molecule has 4 nitrogen and oxygen atoms in total. The summed E-state index contributed by atoms with van der Waals surface area (Å²) in [6, 6.07) is 0.0465. The lowest BCUT2D eigenvalue weighted by Crippen LogP contribution is -2.36. The van der Waals surface area contributed by atoms with Crippen molar-refractivity contribution >= 4 is 11.9 Å². The topological polar surface area (TPSA) is 55.4 Å². The normalized spacial score (nSPS) is 35.8. The van der Waals surface area contributed by atoms with Gasteiger partial charge in [0.1, 0.15) is 6.10 Å². The van der Waals surface area contributed by atoms with E-state index in [9.17, 15) is 9.59 Å². The van der Waals surface area contributed by atoms with E-state index < -0.39 is 0 Å². The molecule has 0 saturated carbocycles. The van der Waals surface area contributed by atoms with Gasteiger partial charge in [-0.25, -0.2) is 0 Å². The maximum absolute atomic E-state index is 11.5. The van der Waals surface area contributed by atoms with Crippen LogP contribution in [0.4, 0.5) is 0 Å². The van der Waals surface area contributed by atoms with E-state index in [2.05, 4.69) is 5.32 Å². The van der Waals surface area contributed by atoms with Crippen LogP contribution < -0.4 is 5.32 Å². The summed E-state index contributed by atoms with van der Waals surface area (Å²) in [4.78, 5) is 22.6. The minimum absolute atomic E-state index is 0.00695. The van der Waals surface area contributed by atoms with Crippen LogP contribution in [0.3, 0.4) is 0 Å². The molecule has 0 aromatic carbocycles. The van der Waals surface area contributed by atoms with E-state index in [0.29, 0.717) is 12.3 Å². The number of carbonyl (C=O) groups is 2. The molecule has 84 valence electrons. The average Bonchev–Trinajstić information content (AvgIpc) is 2.71. The first-order valence-corrected chi connectivity index (χ1v) is 5.58. The third-order valence-electron chi connectivity index (χ3n) is 3.34.